The third-order valence-corrected chi connectivity index (χ3v) is 4.58. The maximum absolute atomic E-state index is 12.7. The Balaban J connectivity index is 2.49. The summed E-state index contributed by atoms with van der Waals surface area (Å²) < 4.78 is 63.3. The van der Waals surface area contributed by atoms with Crippen LogP contribution in [0.2, 0.25) is 0 Å². The molecule has 0 unspecified atom stereocenters. The Morgan fingerprint density at radius 2 is 1.81 bits per heavy atom. The van der Waals surface area contributed by atoms with Crippen LogP contribution in [0.15, 0.2) is 35.4 Å². The van der Waals surface area contributed by atoms with Gasteiger partial charge in [-0.25, -0.2) is 8.42 Å². The van der Waals surface area contributed by atoms with E-state index in [2.05, 4.69) is 5.10 Å². The maximum atomic E-state index is 12.7. The average Bonchev–Trinajstić information content (AvgIpc) is 2.65. The number of hydrogen-bond acceptors (Lipinski definition) is 4. The van der Waals surface area contributed by atoms with E-state index in [0.29, 0.717) is 10.2 Å². The summed E-state index contributed by atoms with van der Waals surface area (Å²) in [5, 5.41) is 2.55. The second-order valence-corrected chi connectivity index (χ2v) is 6.34. The van der Waals surface area contributed by atoms with Crippen molar-refractivity contribution >= 4 is 15.5 Å². The first-order valence-corrected chi connectivity index (χ1v) is 7.44. The van der Waals surface area contributed by atoms with E-state index >= 15 is 0 Å². The van der Waals surface area contributed by atoms with Crippen LogP contribution in [0.25, 0.3) is 0 Å². The number of aromatic nitrogens is 2. The highest BCUT2D eigenvalue weighted by molar-refractivity contribution is 7.90. The Bertz CT molecular complexity index is 752. The lowest BCUT2D eigenvalue weighted by molar-refractivity contribution is -0.140. The van der Waals surface area contributed by atoms with Crippen molar-refractivity contribution in [3.05, 3.63) is 41.6 Å². The molecule has 2 aromatic rings. The van der Waals surface area contributed by atoms with Gasteiger partial charge in [-0.2, -0.15) is 18.3 Å². The molecule has 0 fully saturated rings. The van der Waals surface area contributed by atoms with Crippen LogP contribution in [0.1, 0.15) is 11.3 Å². The molecule has 2 N–H and O–H groups in total. The lowest BCUT2D eigenvalue weighted by atomic mass is 10.2. The van der Waals surface area contributed by atoms with Crippen LogP contribution in [0.5, 0.6) is 0 Å². The van der Waals surface area contributed by atoms with Crippen LogP contribution >= 0.6 is 0 Å². The number of benzene rings is 1. The zero-order chi connectivity index (χ0) is 15.8. The molecule has 0 saturated carbocycles. The summed E-state index contributed by atoms with van der Waals surface area (Å²) in [5.41, 5.74) is 3.53. The fourth-order valence-electron chi connectivity index (χ4n) is 1.97. The molecule has 0 radical (unpaired) electrons. The molecule has 1 aromatic heterocycles. The second kappa shape index (κ2) is 5.06. The van der Waals surface area contributed by atoms with Crippen LogP contribution in [0.3, 0.4) is 0 Å². The minimum Gasteiger partial charge on any atom is -0.395 e. The van der Waals surface area contributed by atoms with Gasteiger partial charge in [0.1, 0.15) is 5.69 Å². The van der Waals surface area contributed by atoms with E-state index in [1.807, 2.05) is 0 Å². The largest absolute Gasteiger partial charge is 0.437 e. The predicted molar refractivity (Wildman–Crippen MR) is 70.0 cm³/mol. The summed E-state index contributed by atoms with van der Waals surface area (Å²) in [4.78, 5) is 0. The van der Waals surface area contributed by atoms with Gasteiger partial charge in [-0.1, -0.05) is 30.3 Å². The normalized spacial score (nSPS) is 12.6. The van der Waals surface area contributed by atoms with Gasteiger partial charge in [-0.15, -0.1) is 0 Å². The van der Waals surface area contributed by atoms with Gasteiger partial charge >= 0.3 is 6.18 Å². The van der Waals surface area contributed by atoms with Crippen LogP contribution in [-0.4, -0.2) is 18.2 Å². The molecule has 21 heavy (non-hydrogen) atoms. The Hall–Kier alpha value is -2.03. The molecular formula is C12H12F3N3O2S. The van der Waals surface area contributed by atoms with E-state index in [9.17, 15) is 21.6 Å². The third kappa shape index (κ3) is 3.02. The fourth-order valence-corrected chi connectivity index (χ4v) is 3.61. The number of aryl methyl sites for hydroxylation is 1. The molecule has 0 aliphatic heterocycles. The first kappa shape index (κ1) is 15.4. The van der Waals surface area contributed by atoms with Gasteiger partial charge in [0, 0.05) is 7.05 Å². The van der Waals surface area contributed by atoms with Crippen molar-refractivity contribution in [2.45, 2.75) is 17.0 Å². The van der Waals surface area contributed by atoms with Crippen LogP contribution in [0, 0.1) is 0 Å². The molecule has 0 aliphatic rings. The standard InChI is InChI=1S/C12H12F3N3O2S/c1-18-11(9(16)10(17-18)12(13,14)15)21(19,20)7-8-5-3-2-4-6-8/h2-6H,7,16H2,1H3. The van der Waals surface area contributed by atoms with E-state index in [1.54, 1.807) is 30.3 Å². The number of alkyl halides is 3. The molecule has 1 aromatic carbocycles. The number of nitrogens with two attached hydrogens (primary N) is 1. The van der Waals surface area contributed by atoms with E-state index in [4.69, 9.17) is 5.73 Å². The first-order valence-electron chi connectivity index (χ1n) is 5.79. The van der Waals surface area contributed by atoms with Crippen molar-refractivity contribution in [2.75, 3.05) is 5.73 Å². The number of rotatable bonds is 3. The molecule has 0 saturated heterocycles. The number of sulfone groups is 1. The Labute approximate surface area is 119 Å². The maximum Gasteiger partial charge on any atom is 0.437 e. The van der Waals surface area contributed by atoms with Crippen molar-refractivity contribution in [2.24, 2.45) is 7.05 Å². The molecule has 9 heteroatoms. The molecule has 0 bridgehead atoms. The smallest absolute Gasteiger partial charge is 0.395 e. The molecule has 0 amide bonds. The summed E-state index contributed by atoms with van der Waals surface area (Å²) in [6.07, 6.45) is -4.80. The van der Waals surface area contributed by atoms with Crippen molar-refractivity contribution in [1.29, 1.82) is 0 Å². The Morgan fingerprint density at radius 1 is 1.24 bits per heavy atom. The van der Waals surface area contributed by atoms with Gasteiger partial charge in [0.15, 0.2) is 10.7 Å². The van der Waals surface area contributed by atoms with Crippen molar-refractivity contribution in [1.82, 2.24) is 9.78 Å². The van der Waals surface area contributed by atoms with E-state index < -0.39 is 38.2 Å². The number of hydrogen-bond donors (Lipinski definition) is 1. The summed E-state index contributed by atoms with van der Waals surface area (Å²) in [7, 11) is -2.92. The van der Waals surface area contributed by atoms with Crippen LogP contribution < -0.4 is 5.73 Å². The minimum absolute atomic E-state index is 0.450. The van der Waals surface area contributed by atoms with Crippen molar-refractivity contribution < 1.29 is 21.6 Å². The SMILES string of the molecule is Cn1nc(C(F)(F)F)c(N)c1S(=O)(=O)Cc1ccccc1. The highest BCUT2D eigenvalue weighted by Gasteiger charge is 2.40. The van der Waals surface area contributed by atoms with Gasteiger partial charge < -0.3 is 5.73 Å². The molecule has 1 heterocycles. The van der Waals surface area contributed by atoms with Gasteiger partial charge in [-0.05, 0) is 5.56 Å². The molecule has 0 atom stereocenters. The zero-order valence-corrected chi connectivity index (χ0v) is 11.7. The minimum atomic E-state index is -4.80. The molecular weight excluding hydrogens is 307 g/mol. The summed E-state index contributed by atoms with van der Waals surface area (Å²) in [5.74, 6) is -0.450. The summed E-state index contributed by atoms with van der Waals surface area (Å²) >= 11 is 0. The van der Waals surface area contributed by atoms with E-state index in [0.717, 1.165) is 7.05 Å². The summed E-state index contributed by atoms with van der Waals surface area (Å²) in [6.45, 7) is 0. The quantitative estimate of drug-likeness (QED) is 0.938. The molecule has 0 spiro atoms. The van der Waals surface area contributed by atoms with E-state index in [-0.39, 0.29) is 0 Å². The first-order chi connectivity index (χ1) is 9.63. The van der Waals surface area contributed by atoms with Gasteiger partial charge in [0.25, 0.3) is 0 Å². The molecule has 114 valence electrons. The topological polar surface area (TPSA) is 78.0 Å². The van der Waals surface area contributed by atoms with Crippen molar-refractivity contribution in [3.8, 4) is 0 Å². The van der Waals surface area contributed by atoms with Crippen LogP contribution in [0.4, 0.5) is 18.9 Å². The highest BCUT2D eigenvalue weighted by atomic mass is 32.2. The average molecular weight is 319 g/mol. The van der Waals surface area contributed by atoms with Crippen LogP contribution in [-0.2, 0) is 28.8 Å². The molecule has 0 aliphatic carbocycles. The number of nitrogens with zero attached hydrogens (tertiary/aromatic N) is 2. The Kier molecular flexibility index (Phi) is 3.70. The van der Waals surface area contributed by atoms with E-state index in [1.165, 1.54) is 0 Å². The zero-order valence-electron chi connectivity index (χ0n) is 10.9. The predicted octanol–water partition coefficient (Wildman–Crippen LogP) is 2.00. The highest BCUT2D eigenvalue weighted by Crippen LogP contribution is 2.36. The Morgan fingerprint density at radius 3 is 2.29 bits per heavy atom. The fraction of sp³-hybridized carbons (Fsp3) is 0.250. The lowest BCUT2D eigenvalue weighted by Gasteiger charge is -2.06. The lowest BCUT2D eigenvalue weighted by Crippen LogP contribution is -2.12. The number of nitrogen functional groups attached to an aromatic ring is 1. The molecule has 2 rings (SSSR count). The van der Waals surface area contributed by atoms with Gasteiger partial charge in [0.05, 0.1) is 5.75 Å². The number of halogens is 3. The monoisotopic (exact) mass is 319 g/mol. The summed E-state index contributed by atoms with van der Waals surface area (Å²) in [6, 6.07) is 8.11. The van der Waals surface area contributed by atoms with Gasteiger partial charge in [0.2, 0.25) is 9.84 Å². The third-order valence-electron chi connectivity index (χ3n) is 2.79. The second-order valence-electron chi connectivity index (χ2n) is 4.43. The number of anilines is 1. The van der Waals surface area contributed by atoms with Gasteiger partial charge in [-0.3, -0.25) is 4.68 Å². The molecule has 5 nitrogen and oxygen atoms in total. The van der Waals surface area contributed by atoms with Crippen molar-refractivity contribution in [3.63, 3.8) is 0 Å².